The highest BCUT2D eigenvalue weighted by atomic mass is 32.2. The van der Waals surface area contributed by atoms with Crippen LogP contribution < -0.4 is 0 Å². The zero-order valence-electron chi connectivity index (χ0n) is 13.5. The van der Waals surface area contributed by atoms with E-state index in [0.717, 1.165) is 18.7 Å². The number of hydrogen-bond acceptors (Lipinski definition) is 4. The number of nitrogens with zero attached hydrogens (tertiary/aromatic N) is 2. The van der Waals surface area contributed by atoms with Gasteiger partial charge in [-0.25, -0.2) is 8.42 Å². The molecule has 0 N–H and O–H groups in total. The van der Waals surface area contributed by atoms with Crippen molar-refractivity contribution in [1.82, 2.24) is 9.80 Å². The molecule has 2 atom stereocenters. The third-order valence-corrected chi connectivity index (χ3v) is 6.72. The quantitative estimate of drug-likeness (QED) is 0.835. The second-order valence-electron chi connectivity index (χ2n) is 6.75. The number of benzene rings is 1. The number of piperazine rings is 1. The van der Waals surface area contributed by atoms with Crippen molar-refractivity contribution in [3.63, 3.8) is 0 Å². The van der Waals surface area contributed by atoms with Crippen LogP contribution in [0.3, 0.4) is 0 Å². The molecule has 2 aliphatic heterocycles. The average Bonchev–Trinajstić information content (AvgIpc) is 2.86. The van der Waals surface area contributed by atoms with Crippen LogP contribution in [-0.2, 0) is 14.6 Å². The van der Waals surface area contributed by atoms with Crippen LogP contribution in [0.2, 0.25) is 0 Å². The molecule has 1 aromatic carbocycles. The number of sulfone groups is 1. The minimum absolute atomic E-state index is 0.0106. The molecule has 1 aromatic rings. The van der Waals surface area contributed by atoms with Crippen LogP contribution >= 0.6 is 0 Å². The smallest absolute Gasteiger partial charge is 0.223 e. The van der Waals surface area contributed by atoms with Crippen molar-refractivity contribution in [3.05, 3.63) is 35.9 Å². The first kappa shape index (κ1) is 16.5. The first-order valence-corrected chi connectivity index (χ1v) is 10.00. The van der Waals surface area contributed by atoms with Crippen LogP contribution in [0, 0.1) is 5.92 Å². The van der Waals surface area contributed by atoms with Gasteiger partial charge in [-0.2, -0.15) is 0 Å². The van der Waals surface area contributed by atoms with Crippen molar-refractivity contribution < 1.29 is 13.2 Å². The van der Waals surface area contributed by atoms with E-state index in [1.807, 2.05) is 23.1 Å². The summed E-state index contributed by atoms with van der Waals surface area (Å²) in [6.45, 7) is 2.38. The molecule has 0 radical (unpaired) electrons. The van der Waals surface area contributed by atoms with Crippen LogP contribution in [0.5, 0.6) is 0 Å². The summed E-state index contributed by atoms with van der Waals surface area (Å²) >= 11 is 0. The number of likely N-dealkylation sites (N-methyl/N-ethyl adjacent to an activating group) is 1. The van der Waals surface area contributed by atoms with Gasteiger partial charge in [0.2, 0.25) is 5.91 Å². The van der Waals surface area contributed by atoms with Crippen molar-refractivity contribution in [2.45, 2.75) is 18.9 Å². The van der Waals surface area contributed by atoms with E-state index in [9.17, 15) is 13.2 Å². The summed E-state index contributed by atoms with van der Waals surface area (Å²) in [5, 5.41) is 0. The molecule has 2 saturated heterocycles. The van der Waals surface area contributed by atoms with Crippen LogP contribution in [0.4, 0.5) is 0 Å². The van der Waals surface area contributed by atoms with Gasteiger partial charge in [0.1, 0.15) is 0 Å². The maximum atomic E-state index is 12.8. The Balaban J connectivity index is 1.72. The van der Waals surface area contributed by atoms with Crippen molar-refractivity contribution in [2.24, 2.45) is 5.92 Å². The van der Waals surface area contributed by atoms with E-state index in [-0.39, 0.29) is 29.4 Å². The Bertz CT molecular complexity index is 660. The van der Waals surface area contributed by atoms with Gasteiger partial charge in [0.05, 0.1) is 17.5 Å². The second kappa shape index (κ2) is 6.61. The van der Waals surface area contributed by atoms with Gasteiger partial charge in [0, 0.05) is 26.1 Å². The molecule has 0 bridgehead atoms. The molecular weight excluding hydrogens is 312 g/mol. The van der Waals surface area contributed by atoms with E-state index >= 15 is 0 Å². The SMILES string of the molecule is CN1CCN(C(=O)CC2CCS(=O)(=O)C2)C(c2ccccc2)C1. The number of carbonyl (C=O) groups is 1. The van der Waals surface area contributed by atoms with Gasteiger partial charge in [-0.05, 0) is 24.9 Å². The molecule has 2 aliphatic rings. The van der Waals surface area contributed by atoms with Crippen molar-refractivity contribution in [1.29, 1.82) is 0 Å². The fourth-order valence-corrected chi connectivity index (χ4v) is 5.44. The predicted octanol–water partition coefficient (Wildman–Crippen LogP) is 1.33. The lowest BCUT2D eigenvalue weighted by atomic mass is 9.99. The lowest BCUT2D eigenvalue weighted by molar-refractivity contribution is -0.137. The Kier molecular flexibility index (Phi) is 4.73. The number of hydrogen-bond donors (Lipinski definition) is 0. The Labute approximate surface area is 138 Å². The van der Waals surface area contributed by atoms with Crippen LogP contribution in [0.1, 0.15) is 24.4 Å². The van der Waals surface area contributed by atoms with Crippen molar-refractivity contribution >= 4 is 15.7 Å². The zero-order valence-corrected chi connectivity index (χ0v) is 14.3. The third kappa shape index (κ3) is 3.93. The van der Waals surface area contributed by atoms with E-state index in [2.05, 4.69) is 24.1 Å². The van der Waals surface area contributed by atoms with Gasteiger partial charge < -0.3 is 9.80 Å². The van der Waals surface area contributed by atoms with Gasteiger partial charge in [-0.15, -0.1) is 0 Å². The maximum Gasteiger partial charge on any atom is 0.223 e. The summed E-state index contributed by atoms with van der Waals surface area (Å²) in [4.78, 5) is 17.0. The third-order valence-electron chi connectivity index (χ3n) is 4.88. The normalized spacial score (nSPS) is 28.0. The molecule has 23 heavy (non-hydrogen) atoms. The Morgan fingerprint density at radius 1 is 1.22 bits per heavy atom. The molecule has 2 unspecified atom stereocenters. The summed E-state index contributed by atoms with van der Waals surface area (Å²) in [7, 11) is -0.855. The summed E-state index contributed by atoms with van der Waals surface area (Å²) in [5.74, 6) is 0.482. The molecule has 5 nitrogen and oxygen atoms in total. The maximum absolute atomic E-state index is 12.8. The number of amides is 1. The summed E-state index contributed by atoms with van der Waals surface area (Å²) in [6.07, 6.45) is 0.976. The molecule has 3 rings (SSSR count). The van der Waals surface area contributed by atoms with Crippen LogP contribution in [0.15, 0.2) is 30.3 Å². The fraction of sp³-hybridized carbons (Fsp3) is 0.588. The summed E-state index contributed by atoms with van der Waals surface area (Å²) in [6, 6.07) is 10.1. The predicted molar refractivity (Wildman–Crippen MR) is 89.8 cm³/mol. The highest BCUT2D eigenvalue weighted by Gasteiger charge is 2.34. The van der Waals surface area contributed by atoms with Gasteiger partial charge in [-0.1, -0.05) is 30.3 Å². The highest BCUT2D eigenvalue weighted by molar-refractivity contribution is 7.91. The molecule has 1 amide bonds. The monoisotopic (exact) mass is 336 g/mol. The summed E-state index contributed by atoms with van der Waals surface area (Å²) in [5.41, 5.74) is 1.14. The molecule has 2 heterocycles. The highest BCUT2D eigenvalue weighted by Crippen LogP contribution is 2.28. The van der Waals surface area contributed by atoms with Crippen molar-refractivity contribution in [3.8, 4) is 0 Å². The topological polar surface area (TPSA) is 57.7 Å². The Hall–Kier alpha value is -1.40. The standard InChI is InChI=1S/C17H24N2O3S/c1-18-8-9-19(16(12-18)15-5-3-2-4-6-15)17(20)11-14-7-10-23(21,22)13-14/h2-6,14,16H,7-13H2,1H3. The second-order valence-corrected chi connectivity index (χ2v) is 8.98. The van der Waals surface area contributed by atoms with E-state index < -0.39 is 9.84 Å². The number of carbonyl (C=O) groups excluding carboxylic acids is 1. The first-order valence-electron chi connectivity index (χ1n) is 8.18. The Morgan fingerprint density at radius 3 is 2.61 bits per heavy atom. The fourth-order valence-electron chi connectivity index (χ4n) is 3.58. The van der Waals surface area contributed by atoms with E-state index in [1.165, 1.54) is 0 Å². The van der Waals surface area contributed by atoms with E-state index in [0.29, 0.717) is 19.4 Å². The zero-order chi connectivity index (χ0) is 16.4. The minimum Gasteiger partial charge on any atom is -0.333 e. The number of rotatable bonds is 3. The molecule has 0 saturated carbocycles. The largest absolute Gasteiger partial charge is 0.333 e. The lowest BCUT2D eigenvalue weighted by Crippen LogP contribution is -2.49. The average molecular weight is 336 g/mol. The Morgan fingerprint density at radius 2 is 1.96 bits per heavy atom. The van der Waals surface area contributed by atoms with E-state index in [1.54, 1.807) is 0 Å². The summed E-state index contributed by atoms with van der Waals surface area (Å²) < 4.78 is 23.2. The van der Waals surface area contributed by atoms with Gasteiger partial charge in [-0.3, -0.25) is 4.79 Å². The van der Waals surface area contributed by atoms with Crippen LogP contribution in [-0.4, -0.2) is 62.3 Å². The van der Waals surface area contributed by atoms with Crippen LogP contribution in [0.25, 0.3) is 0 Å². The van der Waals surface area contributed by atoms with Gasteiger partial charge in [0.15, 0.2) is 9.84 Å². The molecule has 0 spiro atoms. The van der Waals surface area contributed by atoms with Gasteiger partial charge >= 0.3 is 0 Å². The molecule has 0 aliphatic carbocycles. The molecule has 126 valence electrons. The van der Waals surface area contributed by atoms with Crippen molar-refractivity contribution in [2.75, 3.05) is 38.2 Å². The molecule has 0 aromatic heterocycles. The minimum atomic E-state index is -2.93. The lowest BCUT2D eigenvalue weighted by Gasteiger charge is -2.40. The first-order chi connectivity index (χ1) is 10.9. The molecular formula is C17H24N2O3S. The molecule has 2 fully saturated rings. The van der Waals surface area contributed by atoms with Gasteiger partial charge in [0.25, 0.3) is 0 Å². The van der Waals surface area contributed by atoms with E-state index in [4.69, 9.17) is 0 Å². The molecule has 6 heteroatoms.